The predicted molar refractivity (Wildman–Crippen MR) is 85.9 cm³/mol. The highest BCUT2D eigenvalue weighted by molar-refractivity contribution is 9.10. The summed E-state index contributed by atoms with van der Waals surface area (Å²) in [5.74, 6) is 1.35. The molecule has 1 aromatic carbocycles. The van der Waals surface area contributed by atoms with E-state index in [0.717, 1.165) is 21.6 Å². The highest BCUT2D eigenvalue weighted by Crippen LogP contribution is 2.24. The summed E-state index contributed by atoms with van der Waals surface area (Å²) in [7, 11) is 0. The third-order valence-electron chi connectivity index (χ3n) is 2.57. The Hall–Kier alpha value is -1.11. The molecule has 0 aliphatic carbocycles. The van der Waals surface area contributed by atoms with Crippen molar-refractivity contribution in [2.45, 2.75) is 24.1 Å². The van der Waals surface area contributed by atoms with Gasteiger partial charge in [0.05, 0.1) is 11.4 Å². The van der Waals surface area contributed by atoms with Crippen LogP contribution in [0.5, 0.6) is 0 Å². The lowest BCUT2D eigenvalue weighted by Crippen LogP contribution is -2.18. The third-order valence-corrected chi connectivity index (χ3v) is 4.07. The van der Waals surface area contributed by atoms with E-state index in [-0.39, 0.29) is 5.56 Å². The second kappa shape index (κ2) is 7.61. The number of halogens is 1. The Kier molecular flexibility index (Phi) is 5.82. The maximum atomic E-state index is 11.6. The Labute approximate surface area is 130 Å². The standard InChI is InChI=1S/C14H16BrN3OS/c1-2-16-8-11-7-14(19)18-13(17-11)9-20-12-5-3-4-10(15)6-12/h3-7,16H,2,8-9H2,1H3,(H,17,18,19). The summed E-state index contributed by atoms with van der Waals surface area (Å²) < 4.78 is 1.05. The topological polar surface area (TPSA) is 57.8 Å². The third kappa shape index (κ3) is 4.77. The summed E-state index contributed by atoms with van der Waals surface area (Å²) in [5, 5.41) is 3.17. The van der Waals surface area contributed by atoms with Gasteiger partial charge >= 0.3 is 0 Å². The van der Waals surface area contributed by atoms with Crippen LogP contribution in [-0.4, -0.2) is 16.5 Å². The molecular weight excluding hydrogens is 338 g/mol. The number of thioether (sulfide) groups is 1. The largest absolute Gasteiger partial charge is 0.311 e. The van der Waals surface area contributed by atoms with Crippen molar-refractivity contribution in [2.24, 2.45) is 0 Å². The summed E-state index contributed by atoms with van der Waals surface area (Å²) in [6.07, 6.45) is 0. The van der Waals surface area contributed by atoms with Crippen LogP contribution in [-0.2, 0) is 12.3 Å². The minimum atomic E-state index is -0.0993. The van der Waals surface area contributed by atoms with Crippen molar-refractivity contribution < 1.29 is 0 Å². The van der Waals surface area contributed by atoms with Crippen LogP contribution >= 0.6 is 27.7 Å². The van der Waals surface area contributed by atoms with Crippen LogP contribution < -0.4 is 10.9 Å². The predicted octanol–water partition coefficient (Wildman–Crippen LogP) is 2.93. The molecule has 1 aromatic heterocycles. The Morgan fingerprint density at radius 1 is 1.40 bits per heavy atom. The summed E-state index contributed by atoms with van der Waals surface area (Å²) in [5.41, 5.74) is 0.679. The SMILES string of the molecule is CCNCc1cc(=O)[nH]c(CSc2cccc(Br)c2)n1. The average Bonchev–Trinajstić information content (AvgIpc) is 2.42. The van der Waals surface area contributed by atoms with Crippen molar-refractivity contribution in [2.75, 3.05) is 6.54 Å². The van der Waals surface area contributed by atoms with Gasteiger partial charge in [0.25, 0.3) is 5.56 Å². The lowest BCUT2D eigenvalue weighted by Gasteiger charge is -2.05. The van der Waals surface area contributed by atoms with Crippen LogP contribution in [0, 0.1) is 0 Å². The number of H-pyrrole nitrogens is 1. The molecule has 0 saturated heterocycles. The van der Waals surface area contributed by atoms with E-state index in [0.29, 0.717) is 18.1 Å². The maximum absolute atomic E-state index is 11.6. The fourth-order valence-electron chi connectivity index (χ4n) is 1.68. The molecule has 0 bridgehead atoms. The highest BCUT2D eigenvalue weighted by Gasteiger charge is 2.03. The average molecular weight is 354 g/mol. The number of rotatable bonds is 6. The number of nitrogens with zero attached hydrogens (tertiary/aromatic N) is 1. The smallest absolute Gasteiger partial charge is 0.251 e. The van der Waals surface area contributed by atoms with Crippen molar-refractivity contribution in [3.8, 4) is 0 Å². The van der Waals surface area contributed by atoms with E-state index in [2.05, 4.69) is 31.2 Å². The molecule has 2 rings (SSSR count). The van der Waals surface area contributed by atoms with E-state index in [1.165, 1.54) is 6.07 Å². The molecule has 0 aliphatic heterocycles. The maximum Gasteiger partial charge on any atom is 0.251 e. The van der Waals surface area contributed by atoms with Gasteiger partial charge in [-0.1, -0.05) is 28.9 Å². The van der Waals surface area contributed by atoms with Gasteiger partial charge in [0, 0.05) is 22.0 Å². The number of hydrogen-bond donors (Lipinski definition) is 2. The second-order valence-corrected chi connectivity index (χ2v) is 6.17. The molecule has 0 atom stereocenters. The highest BCUT2D eigenvalue weighted by atomic mass is 79.9. The quantitative estimate of drug-likeness (QED) is 0.784. The van der Waals surface area contributed by atoms with Crippen molar-refractivity contribution >= 4 is 27.7 Å². The van der Waals surface area contributed by atoms with Crippen LogP contribution in [0.2, 0.25) is 0 Å². The Balaban J connectivity index is 2.05. The Bertz CT molecular complexity index is 630. The van der Waals surface area contributed by atoms with Crippen molar-refractivity contribution in [1.82, 2.24) is 15.3 Å². The zero-order chi connectivity index (χ0) is 14.4. The van der Waals surface area contributed by atoms with Crippen molar-refractivity contribution in [1.29, 1.82) is 0 Å². The zero-order valence-electron chi connectivity index (χ0n) is 11.1. The first-order valence-electron chi connectivity index (χ1n) is 6.35. The van der Waals surface area contributed by atoms with Crippen LogP contribution in [0.15, 0.2) is 44.5 Å². The van der Waals surface area contributed by atoms with Gasteiger partial charge in [-0.3, -0.25) is 4.79 Å². The fourth-order valence-corrected chi connectivity index (χ4v) is 3.06. The van der Waals surface area contributed by atoms with Gasteiger partial charge in [-0.15, -0.1) is 11.8 Å². The first-order valence-corrected chi connectivity index (χ1v) is 8.13. The van der Waals surface area contributed by atoms with Gasteiger partial charge in [-0.25, -0.2) is 4.98 Å². The molecule has 0 aliphatic rings. The van der Waals surface area contributed by atoms with Gasteiger partial charge in [-0.05, 0) is 24.7 Å². The summed E-state index contributed by atoms with van der Waals surface area (Å²) >= 11 is 5.09. The Morgan fingerprint density at radius 3 is 3.00 bits per heavy atom. The van der Waals surface area contributed by atoms with Crippen molar-refractivity contribution in [3.05, 3.63) is 56.7 Å². The second-order valence-electron chi connectivity index (χ2n) is 4.21. The van der Waals surface area contributed by atoms with Gasteiger partial charge in [0.1, 0.15) is 5.82 Å². The molecule has 2 N–H and O–H groups in total. The fraction of sp³-hybridized carbons (Fsp3) is 0.286. The lowest BCUT2D eigenvalue weighted by molar-refractivity contribution is 0.702. The van der Waals surface area contributed by atoms with E-state index in [1.807, 2.05) is 31.2 Å². The van der Waals surface area contributed by atoms with E-state index in [9.17, 15) is 4.79 Å². The summed E-state index contributed by atoms with van der Waals surface area (Å²) in [6.45, 7) is 3.50. The molecule has 0 radical (unpaired) electrons. The molecule has 4 nitrogen and oxygen atoms in total. The molecule has 2 aromatic rings. The molecule has 0 fully saturated rings. The van der Waals surface area contributed by atoms with E-state index in [1.54, 1.807) is 11.8 Å². The van der Waals surface area contributed by atoms with E-state index < -0.39 is 0 Å². The number of benzene rings is 1. The summed E-state index contributed by atoms with van der Waals surface area (Å²) in [4.78, 5) is 20.0. The van der Waals surface area contributed by atoms with Crippen LogP contribution in [0.4, 0.5) is 0 Å². The molecule has 0 unspecified atom stereocenters. The van der Waals surface area contributed by atoms with Gasteiger partial charge < -0.3 is 10.3 Å². The lowest BCUT2D eigenvalue weighted by atomic mass is 10.4. The normalized spacial score (nSPS) is 10.7. The molecular formula is C14H16BrN3OS. The number of nitrogens with one attached hydrogen (secondary N) is 2. The number of aromatic nitrogens is 2. The molecule has 0 spiro atoms. The number of hydrogen-bond acceptors (Lipinski definition) is 4. The minimum absolute atomic E-state index is 0.0993. The summed E-state index contributed by atoms with van der Waals surface area (Å²) in [6, 6.07) is 9.60. The van der Waals surface area contributed by atoms with Crippen LogP contribution in [0.3, 0.4) is 0 Å². The van der Waals surface area contributed by atoms with Gasteiger partial charge in [0.15, 0.2) is 0 Å². The van der Waals surface area contributed by atoms with Crippen LogP contribution in [0.25, 0.3) is 0 Å². The minimum Gasteiger partial charge on any atom is -0.311 e. The van der Waals surface area contributed by atoms with Crippen LogP contribution in [0.1, 0.15) is 18.4 Å². The molecule has 1 heterocycles. The number of aromatic amines is 1. The van der Waals surface area contributed by atoms with Crippen molar-refractivity contribution in [3.63, 3.8) is 0 Å². The zero-order valence-corrected chi connectivity index (χ0v) is 13.6. The van der Waals surface area contributed by atoms with Gasteiger partial charge in [0.2, 0.25) is 0 Å². The van der Waals surface area contributed by atoms with E-state index >= 15 is 0 Å². The monoisotopic (exact) mass is 353 g/mol. The molecule has 20 heavy (non-hydrogen) atoms. The molecule has 0 amide bonds. The molecule has 106 valence electrons. The first kappa shape index (κ1) is 15.3. The van der Waals surface area contributed by atoms with E-state index in [4.69, 9.17) is 0 Å². The molecule has 6 heteroatoms. The Morgan fingerprint density at radius 2 is 2.25 bits per heavy atom. The van der Waals surface area contributed by atoms with Gasteiger partial charge in [-0.2, -0.15) is 0 Å². The molecule has 0 saturated carbocycles. The first-order chi connectivity index (χ1) is 9.67.